The molecule has 3 aromatic rings. The molecule has 0 saturated carbocycles. The summed E-state index contributed by atoms with van der Waals surface area (Å²) in [6, 6.07) is 6.01. The molecule has 2 aromatic carbocycles. The van der Waals surface area contributed by atoms with Crippen LogP contribution in [0, 0.1) is 20.2 Å². The lowest BCUT2D eigenvalue weighted by atomic mass is 10.1. The van der Waals surface area contributed by atoms with Crippen LogP contribution in [0.25, 0.3) is 10.2 Å². The molecule has 0 saturated heterocycles. The van der Waals surface area contributed by atoms with Gasteiger partial charge in [-0.05, 0) is 6.92 Å². The number of nitro benzene ring substituents is 2. The molecule has 1 aliphatic rings. The first-order chi connectivity index (χ1) is 16.3. The van der Waals surface area contributed by atoms with Gasteiger partial charge in [-0.25, -0.2) is 0 Å². The van der Waals surface area contributed by atoms with Gasteiger partial charge in [0.05, 0.1) is 44.7 Å². The van der Waals surface area contributed by atoms with Gasteiger partial charge in [-0.1, -0.05) is 11.3 Å². The molecule has 2 heterocycles. The van der Waals surface area contributed by atoms with E-state index in [0.717, 1.165) is 29.5 Å². The number of thiazole rings is 1. The van der Waals surface area contributed by atoms with E-state index in [1.807, 2.05) is 0 Å². The van der Waals surface area contributed by atoms with Crippen molar-refractivity contribution in [3.63, 3.8) is 0 Å². The largest absolute Gasteiger partial charge is 0.466 e. The van der Waals surface area contributed by atoms with Gasteiger partial charge in [-0.2, -0.15) is 4.99 Å². The third-order valence-corrected chi connectivity index (χ3v) is 5.83. The van der Waals surface area contributed by atoms with Crippen LogP contribution < -0.4 is 14.3 Å². The van der Waals surface area contributed by atoms with Crippen molar-refractivity contribution in [1.29, 1.82) is 0 Å². The Morgan fingerprint density at radius 2 is 1.74 bits per heavy atom. The first-order valence-corrected chi connectivity index (χ1v) is 10.7. The number of hydrogen-bond acceptors (Lipinski definition) is 10. The summed E-state index contributed by atoms with van der Waals surface area (Å²) in [7, 11) is 0. The van der Waals surface area contributed by atoms with Crippen LogP contribution in [0.1, 0.15) is 23.7 Å². The van der Waals surface area contributed by atoms with E-state index in [1.165, 1.54) is 0 Å². The van der Waals surface area contributed by atoms with Gasteiger partial charge in [-0.15, -0.1) is 0 Å². The van der Waals surface area contributed by atoms with Crippen LogP contribution in [0.4, 0.5) is 11.4 Å². The second kappa shape index (κ2) is 9.27. The lowest BCUT2D eigenvalue weighted by molar-refractivity contribution is -0.394. The topological polar surface area (TPSA) is 165 Å². The maximum atomic E-state index is 12.9. The molecule has 1 amide bonds. The van der Waals surface area contributed by atoms with E-state index in [2.05, 4.69) is 4.99 Å². The standard InChI is InChI=1S/C20H16N4O9S/c1-2-31-18(25)3-4-22-14-8-15-16(33-10-32-15)9-17(14)34-20(22)21-19(26)11-5-12(23(27)28)7-13(6-11)24(29)30/h5-9H,2-4,10H2,1H3. The Hall–Kier alpha value is -4.33. The zero-order chi connectivity index (χ0) is 24.4. The first-order valence-electron chi connectivity index (χ1n) is 9.88. The minimum absolute atomic E-state index is 0.00221. The number of amides is 1. The Balaban J connectivity index is 1.81. The fourth-order valence-electron chi connectivity index (χ4n) is 3.28. The molecule has 0 N–H and O–H groups in total. The highest BCUT2D eigenvalue weighted by Crippen LogP contribution is 2.37. The molecule has 4 rings (SSSR count). The van der Waals surface area contributed by atoms with Crippen molar-refractivity contribution in [2.24, 2.45) is 4.99 Å². The fraction of sp³-hybridized carbons (Fsp3) is 0.250. The van der Waals surface area contributed by atoms with E-state index >= 15 is 0 Å². The number of non-ortho nitro benzene ring substituents is 2. The number of aromatic nitrogens is 1. The molecule has 13 nitrogen and oxygen atoms in total. The van der Waals surface area contributed by atoms with Gasteiger partial charge in [0, 0.05) is 30.8 Å². The van der Waals surface area contributed by atoms with Gasteiger partial charge in [0.25, 0.3) is 17.3 Å². The predicted molar refractivity (Wildman–Crippen MR) is 117 cm³/mol. The van der Waals surface area contributed by atoms with E-state index in [4.69, 9.17) is 14.2 Å². The summed E-state index contributed by atoms with van der Waals surface area (Å²) >= 11 is 1.12. The van der Waals surface area contributed by atoms with E-state index in [9.17, 15) is 29.8 Å². The van der Waals surface area contributed by atoms with E-state index < -0.39 is 33.1 Å². The van der Waals surface area contributed by atoms with E-state index in [-0.39, 0.29) is 36.7 Å². The van der Waals surface area contributed by atoms with Crippen LogP contribution in [-0.2, 0) is 16.1 Å². The van der Waals surface area contributed by atoms with Gasteiger partial charge in [0.2, 0.25) is 6.79 Å². The van der Waals surface area contributed by atoms with Crippen molar-refractivity contribution >= 4 is 44.8 Å². The molecule has 0 fully saturated rings. The Morgan fingerprint density at radius 3 is 2.35 bits per heavy atom. The van der Waals surface area contributed by atoms with Gasteiger partial charge in [0.15, 0.2) is 16.3 Å². The number of ether oxygens (including phenoxy) is 3. The maximum absolute atomic E-state index is 12.9. The average Bonchev–Trinajstić information content (AvgIpc) is 3.39. The minimum atomic E-state index is -0.914. The molecule has 0 spiro atoms. The molecule has 1 aromatic heterocycles. The highest BCUT2D eigenvalue weighted by atomic mass is 32.1. The summed E-state index contributed by atoms with van der Waals surface area (Å²) in [5.41, 5.74) is -0.908. The number of rotatable bonds is 7. The minimum Gasteiger partial charge on any atom is -0.466 e. The first kappa shape index (κ1) is 22.8. The molecule has 1 aliphatic heterocycles. The normalized spacial score (nSPS) is 12.7. The van der Waals surface area contributed by atoms with Crippen LogP contribution in [-0.4, -0.2) is 39.7 Å². The molecule has 34 heavy (non-hydrogen) atoms. The molecular formula is C20H16N4O9S. The quantitative estimate of drug-likeness (QED) is 0.276. The third kappa shape index (κ3) is 4.56. The summed E-state index contributed by atoms with van der Waals surface area (Å²) in [6.45, 7) is 2.09. The maximum Gasteiger partial charge on any atom is 0.307 e. The van der Waals surface area contributed by atoms with Crippen molar-refractivity contribution < 1.29 is 33.6 Å². The SMILES string of the molecule is CCOC(=O)CCn1c(=NC(=O)c2cc([N+](=O)[O-])cc([N+](=O)[O-])c2)sc2cc3c(cc21)OCO3. The van der Waals surface area contributed by atoms with Crippen LogP contribution >= 0.6 is 11.3 Å². The number of benzene rings is 2. The zero-order valence-electron chi connectivity index (χ0n) is 17.6. The van der Waals surface area contributed by atoms with E-state index in [1.54, 1.807) is 23.6 Å². The number of aryl methyl sites for hydroxylation is 1. The summed E-state index contributed by atoms with van der Waals surface area (Å²) < 4.78 is 18.1. The van der Waals surface area contributed by atoms with Crippen LogP contribution in [0.15, 0.2) is 35.3 Å². The van der Waals surface area contributed by atoms with Gasteiger partial charge in [-0.3, -0.25) is 29.8 Å². The highest BCUT2D eigenvalue weighted by molar-refractivity contribution is 7.16. The average molecular weight is 488 g/mol. The highest BCUT2D eigenvalue weighted by Gasteiger charge is 2.21. The zero-order valence-corrected chi connectivity index (χ0v) is 18.4. The van der Waals surface area contributed by atoms with Crippen molar-refractivity contribution in [3.05, 3.63) is 60.9 Å². The monoisotopic (exact) mass is 488 g/mol. The number of nitrogens with zero attached hydrogens (tertiary/aromatic N) is 4. The molecule has 0 atom stereocenters. The number of esters is 1. The number of fused-ring (bicyclic) bond motifs is 2. The summed E-state index contributed by atoms with van der Waals surface area (Å²) in [4.78, 5) is 49.7. The fourth-order valence-corrected chi connectivity index (χ4v) is 4.34. The molecule has 0 radical (unpaired) electrons. The molecule has 176 valence electrons. The lowest BCUT2D eigenvalue weighted by Crippen LogP contribution is -2.19. The Labute approximate surface area is 194 Å². The second-order valence-corrected chi connectivity index (χ2v) is 7.94. The molecule has 0 bridgehead atoms. The number of carbonyl (C=O) groups excluding carboxylic acids is 2. The Bertz CT molecular complexity index is 1380. The van der Waals surface area contributed by atoms with Crippen LogP contribution in [0.2, 0.25) is 0 Å². The second-order valence-electron chi connectivity index (χ2n) is 6.93. The van der Waals surface area contributed by atoms with Crippen molar-refractivity contribution in [2.45, 2.75) is 19.9 Å². The molecule has 0 unspecified atom stereocenters. The molecule has 14 heteroatoms. The summed E-state index contributed by atoms with van der Waals surface area (Å²) in [6.07, 6.45) is -0.00221. The summed E-state index contributed by atoms with van der Waals surface area (Å²) in [5, 5.41) is 22.3. The number of hydrogen-bond donors (Lipinski definition) is 0. The smallest absolute Gasteiger partial charge is 0.307 e. The van der Waals surface area contributed by atoms with Crippen molar-refractivity contribution in [3.8, 4) is 11.5 Å². The third-order valence-electron chi connectivity index (χ3n) is 4.79. The van der Waals surface area contributed by atoms with Crippen LogP contribution in [0.5, 0.6) is 11.5 Å². The number of nitro groups is 2. The van der Waals surface area contributed by atoms with Gasteiger partial charge < -0.3 is 18.8 Å². The van der Waals surface area contributed by atoms with Crippen molar-refractivity contribution in [2.75, 3.05) is 13.4 Å². The Kier molecular flexibility index (Phi) is 6.23. The van der Waals surface area contributed by atoms with Crippen LogP contribution in [0.3, 0.4) is 0 Å². The molecular weight excluding hydrogens is 472 g/mol. The van der Waals surface area contributed by atoms with Gasteiger partial charge >= 0.3 is 5.97 Å². The summed E-state index contributed by atoms with van der Waals surface area (Å²) in [5.74, 6) is -0.356. The van der Waals surface area contributed by atoms with Gasteiger partial charge in [0.1, 0.15) is 0 Å². The van der Waals surface area contributed by atoms with E-state index in [0.29, 0.717) is 21.7 Å². The Morgan fingerprint density at radius 1 is 1.09 bits per heavy atom. The lowest BCUT2D eigenvalue weighted by Gasteiger charge is -2.06. The van der Waals surface area contributed by atoms with Crippen molar-refractivity contribution in [1.82, 2.24) is 4.57 Å². The predicted octanol–water partition coefficient (Wildman–Crippen LogP) is 2.94. The molecule has 0 aliphatic carbocycles. The number of carbonyl (C=O) groups is 2.